The lowest BCUT2D eigenvalue weighted by atomic mass is 9.62. The van der Waals surface area contributed by atoms with Crippen LogP contribution in [-0.4, -0.2) is 94.2 Å². The molecule has 0 saturated carbocycles. The van der Waals surface area contributed by atoms with Crippen LogP contribution >= 0.6 is 8.20 Å². The minimum Gasteiger partial charge on any atom is -0.457 e. The number of hydrogen-bond acceptors (Lipinski definition) is 8. The number of benzene rings is 4. The molecule has 2 radical (unpaired) electrons. The van der Waals surface area contributed by atoms with Crippen molar-refractivity contribution in [2.75, 3.05) is 19.8 Å². The number of ketones is 1. The Morgan fingerprint density at radius 2 is 1.29 bits per heavy atom. The second-order valence-corrected chi connectivity index (χ2v) is 26.6. The van der Waals surface area contributed by atoms with Crippen LogP contribution in [0.25, 0.3) is 33.4 Å². The fourth-order valence-electron chi connectivity index (χ4n) is 9.89. The number of Topliss-reactive ketones (excluding diaryl/α,β-unsaturated/α-hetero) is 1. The van der Waals surface area contributed by atoms with Gasteiger partial charge in [0.25, 0.3) is 0 Å². The molecule has 0 aromatic heterocycles. The summed E-state index contributed by atoms with van der Waals surface area (Å²) in [5.41, 5.74) is 3.13. The fraction of sp³-hybridized carbons (Fsp3) is 0.407. The zero-order valence-electron chi connectivity index (χ0n) is 44.3. The molecule has 0 spiro atoms. The van der Waals surface area contributed by atoms with Crippen LogP contribution in [0.5, 0.6) is 0 Å². The Balaban J connectivity index is 1.59. The summed E-state index contributed by atoms with van der Waals surface area (Å²) in [4.78, 5) is 62.6. The molecule has 5 atom stereocenters. The van der Waals surface area contributed by atoms with Crippen LogP contribution in [0.1, 0.15) is 68.2 Å². The first-order chi connectivity index (χ1) is 34.0. The zero-order chi connectivity index (χ0) is 52.8. The highest BCUT2D eigenvalue weighted by molar-refractivity contribution is 7.51. The third kappa shape index (κ3) is 12.1. The summed E-state index contributed by atoms with van der Waals surface area (Å²) in [5.74, 6) is -2.10. The van der Waals surface area contributed by atoms with Gasteiger partial charge >= 0.3 is 12.1 Å². The van der Waals surface area contributed by atoms with Gasteiger partial charge in [-0.05, 0) is 111 Å². The van der Waals surface area contributed by atoms with Crippen molar-refractivity contribution in [3.8, 4) is 33.4 Å². The maximum absolute atomic E-state index is 15.5. The quantitative estimate of drug-likeness (QED) is 0.0228. The van der Waals surface area contributed by atoms with Gasteiger partial charge in [-0.2, -0.15) is 0 Å². The third-order valence-corrected chi connectivity index (χ3v) is 16.7. The van der Waals surface area contributed by atoms with E-state index in [0.29, 0.717) is 26.7 Å². The van der Waals surface area contributed by atoms with Gasteiger partial charge in [-0.3, -0.25) is 19.4 Å². The summed E-state index contributed by atoms with van der Waals surface area (Å²) >= 11 is 0. The average molecular weight is 1030 g/mol. The molecular weight excluding hydrogens is 952 g/mol. The van der Waals surface area contributed by atoms with Gasteiger partial charge in [0.2, 0.25) is 24.0 Å². The van der Waals surface area contributed by atoms with E-state index in [0.717, 1.165) is 38.7 Å². The van der Waals surface area contributed by atoms with Crippen molar-refractivity contribution in [2.45, 2.75) is 112 Å². The van der Waals surface area contributed by atoms with Crippen LogP contribution in [0.3, 0.4) is 0 Å². The second kappa shape index (κ2) is 23.1. The Labute approximate surface area is 433 Å². The monoisotopic (exact) mass is 1020 g/mol. The summed E-state index contributed by atoms with van der Waals surface area (Å²) < 4.78 is 25.3. The van der Waals surface area contributed by atoms with Crippen LogP contribution < -0.4 is 5.30 Å². The molecule has 2 aliphatic rings. The highest BCUT2D eigenvalue weighted by atomic mass is 31.1. The van der Waals surface area contributed by atoms with E-state index in [1.807, 2.05) is 115 Å². The summed E-state index contributed by atoms with van der Waals surface area (Å²) in [6.45, 7) is 32.2. The van der Waals surface area contributed by atoms with Gasteiger partial charge in [-0.25, -0.2) is 9.59 Å². The molecule has 0 N–H and O–H groups in total. The first kappa shape index (κ1) is 55.8. The fourth-order valence-corrected chi connectivity index (χ4v) is 13.4. The molecule has 0 bridgehead atoms. The molecule has 4 aromatic carbocycles. The van der Waals surface area contributed by atoms with E-state index in [1.54, 1.807) is 17.9 Å². The first-order valence-electron chi connectivity index (χ1n) is 24.8. The number of β-lactam (4-membered cyclic amide) rings is 1. The number of carbonyl (C=O) groups excluding carboxylic acids is 4. The molecule has 2 fully saturated rings. The number of hydrogen-bond donors (Lipinski definition) is 0. The second-order valence-electron chi connectivity index (χ2n) is 21.5. The van der Waals surface area contributed by atoms with Crippen molar-refractivity contribution in [3.05, 3.63) is 140 Å². The lowest BCUT2D eigenvalue weighted by Gasteiger charge is -2.58. The molecule has 380 valence electrons. The minimum absolute atomic E-state index is 0.0184. The molecule has 72 heavy (non-hydrogen) atoms. The molecule has 10 nitrogen and oxygen atoms in total. The summed E-state index contributed by atoms with van der Waals surface area (Å²) in [6.07, 6.45) is 4.56. The van der Waals surface area contributed by atoms with Crippen molar-refractivity contribution in [1.82, 2.24) is 9.80 Å². The topological polar surface area (TPSA) is 112 Å². The van der Waals surface area contributed by atoms with Crippen LogP contribution in [-0.2, 0) is 32.7 Å². The number of allylic oxidation sites excluding steroid dienone is 1. The summed E-state index contributed by atoms with van der Waals surface area (Å²) in [6, 6.07) is 33.7. The molecule has 2 aliphatic heterocycles. The number of rotatable bonds is 19. The van der Waals surface area contributed by atoms with Crippen molar-refractivity contribution >= 4 is 60.8 Å². The number of esters is 1. The predicted octanol–water partition coefficient (Wildman–Crippen LogP) is 12.6. The predicted molar refractivity (Wildman–Crippen MR) is 297 cm³/mol. The van der Waals surface area contributed by atoms with Gasteiger partial charge in [-0.1, -0.05) is 164 Å². The van der Waals surface area contributed by atoms with Crippen molar-refractivity contribution < 1.29 is 37.5 Å². The smallest absolute Gasteiger partial charge is 0.412 e. The van der Waals surface area contributed by atoms with Crippen LogP contribution in [0.4, 0.5) is 4.79 Å². The number of amides is 2. The Morgan fingerprint density at radius 1 is 0.750 bits per heavy atom. The highest BCUT2D eigenvalue weighted by Crippen LogP contribution is 2.51. The Hall–Kier alpha value is -5.50. The molecule has 0 aliphatic carbocycles. The Morgan fingerprint density at radius 3 is 1.81 bits per heavy atom. The normalized spacial score (nSPS) is 20.5. The molecule has 2 heterocycles. The standard InChI is InChI=1S/C59H73N2O8PSi2/c1-15-34-66-54(64)53(70-48-33-32-45(41-26-20-17-21-27-41)49(42-28-22-18-23-29-42)50(48)43-30-24-19-25-31-43)61-46(51(52(61)63)58(10,57(7,8)9)68-71(11)12)36-47(62)40(3)37-59(69-72(13)14)38-44(56(4,5)6)39-60(59)55(65)67-35-16-2/h15-33,37,44,46,51H,1-2,34-36,38-39H2,3-14H3/b40-37+/t44-,46+,51+,58+,59+/m0/s1. The van der Waals surface area contributed by atoms with Gasteiger partial charge in [0.05, 0.1) is 17.6 Å². The third-order valence-electron chi connectivity index (χ3n) is 13.9. The summed E-state index contributed by atoms with van der Waals surface area (Å²) in [7, 11) is -2.49. The van der Waals surface area contributed by atoms with E-state index in [4.69, 9.17) is 18.3 Å². The van der Waals surface area contributed by atoms with Gasteiger partial charge in [-0.15, -0.1) is 0 Å². The molecule has 13 heteroatoms. The van der Waals surface area contributed by atoms with E-state index in [-0.39, 0.29) is 48.1 Å². The average Bonchev–Trinajstić information content (AvgIpc) is 3.70. The Bertz CT molecular complexity index is 2680. The van der Waals surface area contributed by atoms with Crippen LogP contribution in [0, 0.1) is 22.7 Å². The van der Waals surface area contributed by atoms with Crippen molar-refractivity contribution in [1.29, 1.82) is 0 Å². The van der Waals surface area contributed by atoms with Gasteiger partial charge in [0.15, 0.2) is 16.9 Å². The van der Waals surface area contributed by atoms with Crippen LogP contribution in [0.15, 0.2) is 140 Å². The van der Waals surface area contributed by atoms with E-state index < -0.39 is 58.8 Å². The highest BCUT2D eigenvalue weighted by Gasteiger charge is 2.63. The molecule has 0 unspecified atom stereocenters. The molecule has 4 aromatic rings. The zero-order valence-corrected chi connectivity index (χ0v) is 47.2. The molecule has 6 rings (SSSR count). The molecular formula is C59H73N2O8PSi2. The van der Waals surface area contributed by atoms with E-state index in [1.165, 1.54) is 17.1 Å². The maximum Gasteiger partial charge on any atom is 0.412 e. The number of ether oxygens (including phenoxy) is 2. The largest absolute Gasteiger partial charge is 0.457 e. The number of nitrogens with zero attached hydrogens (tertiary/aromatic N) is 2. The van der Waals surface area contributed by atoms with E-state index in [9.17, 15) is 9.59 Å². The lowest BCUT2D eigenvalue weighted by Crippen LogP contribution is -2.73. The van der Waals surface area contributed by atoms with Gasteiger partial charge in [0, 0.05) is 30.3 Å². The maximum atomic E-state index is 15.5. The van der Waals surface area contributed by atoms with Gasteiger partial charge < -0.3 is 18.3 Å². The summed E-state index contributed by atoms with van der Waals surface area (Å²) in [5, 5.41) is 0.763. The minimum atomic E-state index is -1.46. The van der Waals surface area contributed by atoms with Gasteiger partial charge in [0.1, 0.15) is 13.2 Å². The SMILES string of the molecule is C=CCOC(=O)C(=Pc1ccc(-c2ccccc2)c(-c2ccccc2)c1-c1ccccc1)N1C(=O)[C@H]([C@@](C)(O[Si](C)C)C(C)(C)C)[C@H]1CC(=O)/C(C)=C/[C@@]1(O[Si](C)C)C[C@H](C(C)(C)C)CN1C(=O)OCC=C. The molecule has 2 saturated heterocycles. The van der Waals surface area contributed by atoms with Crippen molar-refractivity contribution in [3.63, 3.8) is 0 Å². The number of likely N-dealkylation sites (tertiary alicyclic amines) is 2. The van der Waals surface area contributed by atoms with Crippen molar-refractivity contribution in [2.24, 2.45) is 22.7 Å². The van der Waals surface area contributed by atoms with Crippen LogP contribution in [0.2, 0.25) is 26.2 Å². The first-order valence-corrected chi connectivity index (χ1v) is 30.5. The molecule has 2 amide bonds. The van der Waals surface area contributed by atoms with E-state index >= 15 is 9.59 Å². The Kier molecular flexibility index (Phi) is 17.9. The lowest BCUT2D eigenvalue weighted by molar-refractivity contribution is -0.177. The van der Waals surface area contributed by atoms with E-state index in [2.05, 4.69) is 76.4 Å². The number of carbonyl (C=O) groups is 4.